The number of carboxylic acids is 4. The Morgan fingerprint density at radius 3 is 1.43 bits per heavy atom. The summed E-state index contributed by atoms with van der Waals surface area (Å²) in [7, 11) is -4.48. The summed E-state index contributed by atoms with van der Waals surface area (Å²) in [5, 5.41) is 67.2. The van der Waals surface area contributed by atoms with E-state index in [2.05, 4.69) is 0 Å². The molecular formula is C31H28N2Na2O13S-2. The maximum absolute atomic E-state index is 13.5. The van der Waals surface area contributed by atoms with Gasteiger partial charge in [-0.15, -0.1) is 0 Å². The number of carbonyl (C=O) groups is 4. The molecule has 0 saturated heterocycles. The summed E-state index contributed by atoms with van der Waals surface area (Å²) >= 11 is 0. The minimum atomic E-state index is -4.48. The number of fused-ring (bicyclic) bond motifs is 1. The maximum Gasteiger partial charge on any atom is 1.00 e. The normalized spacial score (nSPS) is 14.0. The second-order valence-corrected chi connectivity index (χ2v) is 12.6. The monoisotopic (exact) mass is 714 g/mol. The van der Waals surface area contributed by atoms with Gasteiger partial charge in [0.1, 0.15) is 16.4 Å². The first-order valence-electron chi connectivity index (χ1n) is 13.9. The van der Waals surface area contributed by atoms with Crippen molar-refractivity contribution in [1.29, 1.82) is 0 Å². The second kappa shape index (κ2) is 16.8. The average Bonchev–Trinajstić information content (AvgIpc) is 3.20. The van der Waals surface area contributed by atoms with Crippen molar-refractivity contribution in [2.75, 3.05) is 26.2 Å². The molecule has 1 heterocycles. The van der Waals surface area contributed by atoms with Gasteiger partial charge in [0.15, 0.2) is 5.60 Å². The average molecular weight is 715 g/mol. The summed E-state index contributed by atoms with van der Waals surface area (Å²) in [5.74, 6) is -7.11. The molecule has 0 aromatic heterocycles. The van der Waals surface area contributed by atoms with Crippen LogP contribution < -0.4 is 79.5 Å². The number of carboxylic acid groups (broad SMARTS) is 4. The van der Waals surface area contributed by atoms with Crippen molar-refractivity contribution in [3.63, 3.8) is 0 Å². The second-order valence-electron chi connectivity index (χ2n) is 11.1. The SMILES string of the molecule is Cc1cc(C2(c3cc(C)c(O)c(CN(CC(=O)[O-])CC(=O)[O-])c3)OS(=O)(=O)c3ccccc32)cc(CN(CC(=O)[O-])CC(=O)[O-])c1O.[Na+].[Na+]. The fraction of sp³-hybridized carbons (Fsp3) is 0.290. The molecular weight excluding hydrogens is 686 g/mol. The number of hydrogen-bond acceptors (Lipinski definition) is 15. The van der Waals surface area contributed by atoms with Crippen molar-refractivity contribution in [3.8, 4) is 11.5 Å². The molecule has 2 N–H and O–H groups in total. The van der Waals surface area contributed by atoms with Crippen LogP contribution in [0.3, 0.4) is 0 Å². The Labute approximate surface area is 325 Å². The third-order valence-corrected chi connectivity index (χ3v) is 8.91. The third kappa shape index (κ3) is 9.40. The van der Waals surface area contributed by atoms with E-state index in [9.17, 15) is 58.2 Å². The van der Waals surface area contributed by atoms with E-state index in [1.807, 2.05) is 0 Å². The van der Waals surface area contributed by atoms with E-state index in [0.717, 1.165) is 9.80 Å². The summed E-state index contributed by atoms with van der Waals surface area (Å²) in [4.78, 5) is 46.9. The molecule has 15 nitrogen and oxygen atoms in total. The standard InChI is InChI=1S/C31H32N2O13S.2Na/c1-17-7-21(9-19(29(17)42)11-32(13-25(34)35)14-26(36)37)31(23-5-3-4-6-24(23)47(44,45)46-31)22-8-18(2)30(43)20(10-22)12-33(15-27(38)39)16-28(40)41;;/h3-10,42-43H,11-16H2,1-2H3,(H,34,35)(H,36,37)(H,38,39)(H,40,41);;/q;2*+1/p-4. The Kier molecular flexibility index (Phi) is 14.4. The quantitative estimate of drug-likeness (QED) is 0.116. The zero-order valence-corrected chi connectivity index (χ0v) is 31.9. The predicted octanol–water partition coefficient (Wildman–Crippen LogP) is -9.66. The van der Waals surface area contributed by atoms with Gasteiger partial charge in [-0.3, -0.25) is 9.80 Å². The molecule has 0 atom stereocenters. The van der Waals surface area contributed by atoms with E-state index in [0.29, 0.717) is 0 Å². The van der Waals surface area contributed by atoms with Crippen LogP contribution in [0.5, 0.6) is 11.5 Å². The maximum atomic E-state index is 13.5. The number of carbonyl (C=O) groups excluding carboxylic acids is 4. The van der Waals surface area contributed by atoms with E-state index in [1.165, 1.54) is 56.3 Å². The Morgan fingerprint density at radius 2 is 1.06 bits per heavy atom. The van der Waals surface area contributed by atoms with Gasteiger partial charge in [0, 0.05) is 56.0 Å². The Hall–Kier alpha value is -3.03. The number of benzene rings is 3. The Balaban J connectivity index is 0.00000417. The third-order valence-electron chi connectivity index (χ3n) is 7.54. The van der Waals surface area contributed by atoms with Gasteiger partial charge in [0.05, 0.1) is 23.9 Å². The van der Waals surface area contributed by atoms with E-state index in [4.69, 9.17) is 4.18 Å². The summed E-state index contributed by atoms with van der Waals surface area (Å²) in [6, 6.07) is 11.3. The molecule has 0 fully saturated rings. The van der Waals surface area contributed by atoms with Crippen LogP contribution in [0.4, 0.5) is 0 Å². The Bertz CT molecular complexity index is 1760. The molecule has 3 aromatic carbocycles. The van der Waals surface area contributed by atoms with E-state index in [-0.39, 0.29) is 114 Å². The van der Waals surface area contributed by atoms with Crippen LogP contribution in [0.25, 0.3) is 0 Å². The van der Waals surface area contributed by atoms with Crippen LogP contribution in [0.2, 0.25) is 0 Å². The minimum absolute atomic E-state index is 0. The molecule has 0 unspecified atom stereocenters. The van der Waals surface area contributed by atoms with Gasteiger partial charge in [0.25, 0.3) is 10.1 Å². The van der Waals surface area contributed by atoms with Gasteiger partial charge in [-0.05, 0) is 66.4 Å². The number of aryl methyl sites for hydroxylation is 2. The smallest absolute Gasteiger partial charge is 0.549 e. The number of aliphatic carboxylic acids is 4. The first-order valence-corrected chi connectivity index (χ1v) is 15.3. The molecule has 0 saturated carbocycles. The molecule has 1 aliphatic rings. The molecule has 0 bridgehead atoms. The molecule has 0 spiro atoms. The summed E-state index contributed by atoms with van der Waals surface area (Å²) in [5.41, 5.74) is -1.39. The van der Waals surface area contributed by atoms with Crippen molar-refractivity contribution in [1.82, 2.24) is 9.80 Å². The molecule has 250 valence electrons. The zero-order chi connectivity index (χ0) is 34.8. The largest absolute Gasteiger partial charge is 1.00 e. The molecule has 18 heteroatoms. The first-order chi connectivity index (χ1) is 21.9. The van der Waals surface area contributed by atoms with E-state index >= 15 is 0 Å². The van der Waals surface area contributed by atoms with Gasteiger partial charge >= 0.3 is 59.1 Å². The van der Waals surface area contributed by atoms with Crippen LogP contribution in [0, 0.1) is 13.8 Å². The van der Waals surface area contributed by atoms with Crippen molar-refractivity contribution in [2.24, 2.45) is 0 Å². The van der Waals surface area contributed by atoms with Gasteiger partial charge < -0.3 is 49.8 Å². The molecule has 3 aromatic rings. The molecule has 1 aliphatic heterocycles. The fourth-order valence-electron chi connectivity index (χ4n) is 5.70. The van der Waals surface area contributed by atoms with E-state index < -0.39 is 78.9 Å². The van der Waals surface area contributed by atoms with E-state index in [1.54, 1.807) is 6.07 Å². The number of phenolic OH excluding ortho intramolecular Hbond substituents is 2. The zero-order valence-electron chi connectivity index (χ0n) is 27.0. The molecule has 0 radical (unpaired) electrons. The van der Waals surface area contributed by atoms with Gasteiger partial charge in [-0.1, -0.05) is 18.2 Å². The predicted molar refractivity (Wildman–Crippen MR) is 151 cm³/mol. The van der Waals surface area contributed by atoms with Gasteiger partial charge in [-0.2, -0.15) is 8.42 Å². The van der Waals surface area contributed by atoms with Crippen molar-refractivity contribution >= 4 is 34.0 Å². The number of phenols is 2. The summed E-state index contributed by atoms with van der Waals surface area (Å²) < 4.78 is 32.9. The molecule has 49 heavy (non-hydrogen) atoms. The summed E-state index contributed by atoms with van der Waals surface area (Å²) in [6.45, 7) is -1.33. The number of nitrogens with zero attached hydrogens (tertiary/aromatic N) is 2. The fourth-order valence-corrected chi connectivity index (χ4v) is 7.13. The van der Waals surface area contributed by atoms with Gasteiger partial charge in [-0.25, -0.2) is 4.18 Å². The number of aromatic hydroxyl groups is 2. The van der Waals surface area contributed by atoms with Crippen LogP contribution in [-0.4, -0.2) is 78.5 Å². The first kappa shape index (κ1) is 42.1. The molecule has 0 amide bonds. The molecule has 0 aliphatic carbocycles. The van der Waals surface area contributed by atoms with Crippen molar-refractivity contribution in [2.45, 2.75) is 37.4 Å². The van der Waals surface area contributed by atoms with Crippen molar-refractivity contribution in [3.05, 3.63) is 87.5 Å². The van der Waals surface area contributed by atoms with Crippen molar-refractivity contribution < 1.29 is 122 Å². The van der Waals surface area contributed by atoms with Crippen LogP contribution in [0.1, 0.15) is 38.9 Å². The minimum Gasteiger partial charge on any atom is -0.549 e. The Morgan fingerprint density at radius 1 is 0.694 bits per heavy atom. The van der Waals surface area contributed by atoms with Crippen LogP contribution in [0.15, 0.2) is 53.4 Å². The van der Waals surface area contributed by atoms with Gasteiger partial charge in [0.2, 0.25) is 0 Å². The number of rotatable bonds is 14. The topological polar surface area (TPSA) is 251 Å². The van der Waals surface area contributed by atoms with Crippen LogP contribution >= 0.6 is 0 Å². The summed E-state index contributed by atoms with van der Waals surface area (Å²) in [6.07, 6.45) is 0. The molecule has 4 rings (SSSR count). The number of hydrogen-bond donors (Lipinski definition) is 2. The van der Waals surface area contributed by atoms with Crippen LogP contribution in [-0.2, 0) is 52.2 Å².